The lowest BCUT2D eigenvalue weighted by Gasteiger charge is -2.44. The molecule has 1 aliphatic heterocycles. The van der Waals surface area contributed by atoms with Gasteiger partial charge >= 0.3 is 6.09 Å². The molecule has 134 valence electrons. The fourth-order valence-corrected chi connectivity index (χ4v) is 3.33. The lowest BCUT2D eigenvalue weighted by atomic mass is 9.89. The average molecular weight is 334 g/mol. The molecule has 1 N–H and O–H groups in total. The molecule has 24 heavy (non-hydrogen) atoms. The van der Waals surface area contributed by atoms with E-state index in [-0.39, 0.29) is 30.3 Å². The minimum Gasteiger partial charge on any atom is -0.447 e. The van der Waals surface area contributed by atoms with E-state index in [2.05, 4.69) is 29.1 Å². The van der Waals surface area contributed by atoms with E-state index in [9.17, 15) is 4.79 Å². The summed E-state index contributed by atoms with van der Waals surface area (Å²) in [5, 5.41) is 3.44. The summed E-state index contributed by atoms with van der Waals surface area (Å²) in [7, 11) is 0. The van der Waals surface area contributed by atoms with Gasteiger partial charge in [0.25, 0.3) is 0 Å². The highest BCUT2D eigenvalue weighted by Crippen LogP contribution is 2.29. The molecule has 0 spiro atoms. The van der Waals surface area contributed by atoms with Gasteiger partial charge in [0.05, 0.1) is 6.10 Å². The molecule has 1 unspecified atom stereocenters. The number of hydrogen-bond donors (Lipinski definition) is 1. The van der Waals surface area contributed by atoms with E-state index in [1.807, 2.05) is 38.1 Å². The summed E-state index contributed by atoms with van der Waals surface area (Å²) in [6.45, 7) is 10.0. The number of anilines is 1. The Balaban J connectivity index is 2.08. The van der Waals surface area contributed by atoms with Gasteiger partial charge in [0.2, 0.25) is 5.95 Å². The van der Waals surface area contributed by atoms with Crippen LogP contribution in [0.3, 0.4) is 0 Å². The van der Waals surface area contributed by atoms with Crippen LogP contribution in [0.25, 0.3) is 0 Å². The van der Waals surface area contributed by atoms with Crippen LogP contribution < -0.4 is 5.32 Å². The van der Waals surface area contributed by atoms with Crippen LogP contribution in [0.1, 0.15) is 58.9 Å². The topological polar surface area (TPSA) is 67.4 Å². The van der Waals surface area contributed by atoms with Crippen molar-refractivity contribution in [2.24, 2.45) is 0 Å². The maximum Gasteiger partial charge on any atom is 0.410 e. The van der Waals surface area contributed by atoms with E-state index in [4.69, 9.17) is 4.74 Å². The molecule has 0 saturated carbocycles. The minimum atomic E-state index is -0.186. The number of nitrogens with one attached hydrogen (secondary N) is 1. The standard InChI is InChI=1S/C18H30N4O2/c1-6-15-8-14(21-17-19-10-13(5)11-20-17)9-16(7-2)22(15)18(23)24-12(3)4/h10-12,14-16H,6-9H2,1-5H3,(H,19,20,21)/t14?,15-,16+. The molecule has 0 aliphatic carbocycles. The third-order valence-corrected chi connectivity index (χ3v) is 4.50. The van der Waals surface area contributed by atoms with Crippen molar-refractivity contribution in [3.8, 4) is 0 Å². The number of aryl methyl sites for hydroxylation is 1. The van der Waals surface area contributed by atoms with Crippen molar-refractivity contribution in [3.05, 3.63) is 18.0 Å². The number of ether oxygens (including phenoxy) is 1. The van der Waals surface area contributed by atoms with Gasteiger partial charge in [-0.25, -0.2) is 14.8 Å². The molecule has 1 fully saturated rings. The lowest BCUT2D eigenvalue weighted by Crippen LogP contribution is -2.55. The Morgan fingerprint density at radius 1 is 1.25 bits per heavy atom. The summed E-state index contributed by atoms with van der Waals surface area (Å²) in [4.78, 5) is 23.1. The summed E-state index contributed by atoms with van der Waals surface area (Å²) < 4.78 is 5.46. The van der Waals surface area contributed by atoms with Gasteiger partial charge in [0.15, 0.2) is 0 Å². The number of nitrogens with zero attached hydrogens (tertiary/aromatic N) is 3. The Labute approximate surface area is 145 Å². The molecule has 1 aromatic rings. The van der Waals surface area contributed by atoms with Gasteiger partial charge in [0, 0.05) is 30.5 Å². The summed E-state index contributed by atoms with van der Waals surface area (Å²) in [6.07, 6.45) is 6.96. The number of rotatable bonds is 5. The zero-order valence-corrected chi connectivity index (χ0v) is 15.5. The Bertz CT molecular complexity index is 518. The fraction of sp³-hybridized carbons (Fsp3) is 0.722. The number of aromatic nitrogens is 2. The molecule has 1 saturated heterocycles. The van der Waals surface area contributed by atoms with Crippen molar-refractivity contribution in [3.63, 3.8) is 0 Å². The molecule has 0 aromatic carbocycles. The fourth-order valence-electron chi connectivity index (χ4n) is 3.33. The highest BCUT2D eigenvalue weighted by molar-refractivity contribution is 5.69. The number of hydrogen-bond acceptors (Lipinski definition) is 5. The second-order valence-corrected chi connectivity index (χ2v) is 6.86. The number of piperidine rings is 1. The van der Waals surface area contributed by atoms with E-state index in [0.29, 0.717) is 5.95 Å². The number of amides is 1. The Morgan fingerprint density at radius 3 is 2.25 bits per heavy atom. The summed E-state index contributed by atoms with van der Waals surface area (Å²) >= 11 is 0. The smallest absolute Gasteiger partial charge is 0.410 e. The largest absolute Gasteiger partial charge is 0.447 e. The normalized spacial score (nSPS) is 24.1. The van der Waals surface area contributed by atoms with E-state index in [1.54, 1.807) is 0 Å². The molecule has 1 aliphatic rings. The predicted octanol–water partition coefficient (Wildman–Crippen LogP) is 3.76. The molecule has 2 heterocycles. The molecule has 3 atom stereocenters. The Morgan fingerprint density at radius 2 is 1.79 bits per heavy atom. The Kier molecular flexibility index (Phi) is 6.40. The third kappa shape index (κ3) is 4.58. The van der Waals surface area contributed by atoms with Crippen LogP contribution >= 0.6 is 0 Å². The monoisotopic (exact) mass is 334 g/mol. The van der Waals surface area contributed by atoms with Crippen molar-refractivity contribution in [2.75, 3.05) is 5.32 Å². The number of carbonyl (C=O) groups is 1. The Hall–Kier alpha value is -1.85. The van der Waals surface area contributed by atoms with Crippen LogP contribution in [0.2, 0.25) is 0 Å². The highest BCUT2D eigenvalue weighted by atomic mass is 16.6. The quantitative estimate of drug-likeness (QED) is 0.888. The zero-order chi connectivity index (χ0) is 17.7. The first-order chi connectivity index (χ1) is 11.4. The molecule has 2 rings (SSSR count). The summed E-state index contributed by atoms with van der Waals surface area (Å²) in [5.41, 5.74) is 1.05. The predicted molar refractivity (Wildman–Crippen MR) is 95.0 cm³/mol. The van der Waals surface area contributed by atoms with E-state index in [1.165, 1.54) is 0 Å². The third-order valence-electron chi connectivity index (χ3n) is 4.50. The van der Waals surface area contributed by atoms with Crippen LogP contribution in [-0.4, -0.2) is 45.2 Å². The molecule has 0 bridgehead atoms. The van der Waals surface area contributed by atoms with Crippen molar-refractivity contribution in [1.29, 1.82) is 0 Å². The van der Waals surface area contributed by atoms with Crippen molar-refractivity contribution < 1.29 is 9.53 Å². The second kappa shape index (κ2) is 8.31. The number of carbonyl (C=O) groups excluding carboxylic acids is 1. The first kappa shape index (κ1) is 18.5. The molecular weight excluding hydrogens is 304 g/mol. The van der Waals surface area contributed by atoms with Crippen LogP contribution in [0.5, 0.6) is 0 Å². The van der Waals surface area contributed by atoms with Crippen LogP contribution in [-0.2, 0) is 4.74 Å². The van der Waals surface area contributed by atoms with Gasteiger partial charge < -0.3 is 15.0 Å². The molecular formula is C18H30N4O2. The van der Waals surface area contributed by atoms with Crippen LogP contribution in [0.4, 0.5) is 10.7 Å². The van der Waals surface area contributed by atoms with E-state index >= 15 is 0 Å². The summed E-state index contributed by atoms with van der Waals surface area (Å²) in [6, 6.07) is 0.626. The lowest BCUT2D eigenvalue weighted by molar-refractivity contribution is 0.0253. The van der Waals surface area contributed by atoms with Crippen molar-refractivity contribution >= 4 is 12.0 Å². The van der Waals surface area contributed by atoms with Gasteiger partial charge in [-0.05, 0) is 52.0 Å². The number of likely N-dealkylation sites (tertiary alicyclic amines) is 1. The SMILES string of the molecule is CC[C@@H]1CC(Nc2ncc(C)cn2)C[C@H](CC)N1C(=O)OC(C)C. The maximum atomic E-state index is 12.5. The van der Waals surface area contributed by atoms with Gasteiger partial charge in [0.1, 0.15) is 0 Å². The molecule has 1 amide bonds. The first-order valence-electron chi connectivity index (χ1n) is 8.98. The highest BCUT2D eigenvalue weighted by Gasteiger charge is 2.38. The first-order valence-corrected chi connectivity index (χ1v) is 8.98. The van der Waals surface area contributed by atoms with Crippen molar-refractivity contribution in [1.82, 2.24) is 14.9 Å². The van der Waals surface area contributed by atoms with E-state index in [0.717, 1.165) is 31.2 Å². The average Bonchev–Trinajstić information content (AvgIpc) is 2.55. The molecule has 1 aromatic heterocycles. The van der Waals surface area contributed by atoms with Crippen LogP contribution in [0.15, 0.2) is 12.4 Å². The zero-order valence-electron chi connectivity index (χ0n) is 15.5. The second-order valence-electron chi connectivity index (χ2n) is 6.86. The molecule has 6 nitrogen and oxygen atoms in total. The van der Waals surface area contributed by atoms with Crippen LogP contribution in [0, 0.1) is 6.92 Å². The van der Waals surface area contributed by atoms with Gasteiger partial charge in [-0.3, -0.25) is 0 Å². The molecule has 6 heteroatoms. The van der Waals surface area contributed by atoms with Gasteiger partial charge in [-0.2, -0.15) is 0 Å². The van der Waals surface area contributed by atoms with E-state index < -0.39 is 0 Å². The van der Waals surface area contributed by atoms with Crippen molar-refractivity contribution in [2.45, 2.75) is 84.5 Å². The maximum absolute atomic E-state index is 12.5. The van der Waals surface area contributed by atoms with Gasteiger partial charge in [-0.1, -0.05) is 13.8 Å². The summed E-state index contributed by atoms with van der Waals surface area (Å²) in [5.74, 6) is 0.661. The molecule has 0 radical (unpaired) electrons. The minimum absolute atomic E-state index is 0.0932. The van der Waals surface area contributed by atoms with Gasteiger partial charge in [-0.15, -0.1) is 0 Å².